The van der Waals surface area contributed by atoms with Crippen LogP contribution in [0.2, 0.25) is 0 Å². The maximum atomic E-state index is 11.4. The second-order valence-electron chi connectivity index (χ2n) is 4.06. The van der Waals surface area contributed by atoms with E-state index >= 15 is 0 Å². The molecule has 1 aromatic rings. The molecule has 1 rings (SSSR count). The molecule has 1 aromatic carbocycles. The van der Waals surface area contributed by atoms with E-state index in [4.69, 9.17) is 4.74 Å². The Morgan fingerprint density at radius 1 is 1.29 bits per heavy atom. The number of nitrogens with one attached hydrogen (secondary N) is 1. The molecule has 0 aliphatic carbocycles. The average molecular weight is 296 g/mol. The van der Waals surface area contributed by atoms with E-state index in [0.29, 0.717) is 17.9 Å². The molecule has 0 radical (unpaired) electrons. The van der Waals surface area contributed by atoms with Crippen LogP contribution in [-0.2, 0) is 14.4 Å². The molecule has 8 heteroatoms. The molecule has 0 unspecified atom stereocenters. The van der Waals surface area contributed by atoms with E-state index < -0.39 is 11.1 Å². The molecule has 0 aliphatic heterocycles. The van der Waals surface area contributed by atoms with Gasteiger partial charge in [0.25, 0.3) is 5.09 Å². The molecule has 0 spiro atoms. The summed E-state index contributed by atoms with van der Waals surface area (Å²) in [7, 11) is 0. The van der Waals surface area contributed by atoms with Crippen molar-refractivity contribution in [3.05, 3.63) is 34.4 Å². The van der Waals surface area contributed by atoms with Crippen LogP contribution in [0, 0.1) is 10.1 Å². The predicted molar refractivity (Wildman–Crippen MR) is 73.2 cm³/mol. The number of carbonyl (C=O) groups excluding carboxylic acids is 2. The van der Waals surface area contributed by atoms with Gasteiger partial charge in [-0.25, -0.2) is 0 Å². The zero-order valence-electron chi connectivity index (χ0n) is 11.5. The first-order chi connectivity index (χ1) is 10.0. The van der Waals surface area contributed by atoms with Crippen molar-refractivity contribution < 1.29 is 24.3 Å². The second kappa shape index (κ2) is 8.51. The van der Waals surface area contributed by atoms with Crippen LogP contribution in [0.15, 0.2) is 24.3 Å². The number of benzene rings is 1. The minimum Gasteiger partial charge on any atom is -0.427 e. The summed E-state index contributed by atoms with van der Waals surface area (Å²) in [6.45, 7) is 1.60. The molecule has 0 heterocycles. The van der Waals surface area contributed by atoms with Crippen LogP contribution in [0.4, 0.5) is 5.69 Å². The quantitative estimate of drug-likeness (QED) is 0.258. The lowest BCUT2D eigenvalue weighted by atomic mass is 10.3. The second-order valence-corrected chi connectivity index (χ2v) is 4.06. The zero-order valence-corrected chi connectivity index (χ0v) is 11.5. The molecule has 0 saturated heterocycles. The highest BCUT2D eigenvalue weighted by molar-refractivity contribution is 5.90. The first-order valence-corrected chi connectivity index (χ1v) is 6.39. The van der Waals surface area contributed by atoms with Gasteiger partial charge in [0.05, 0.1) is 6.61 Å². The summed E-state index contributed by atoms with van der Waals surface area (Å²) < 4.78 is 5.03. The Morgan fingerprint density at radius 3 is 2.52 bits per heavy atom. The predicted octanol–water partition coefficient (Wildman–Crippen LogP) is 1.93. The van der Waals surface area contributed by atoms with Gasteiger partial charge >= 0.3 is 5.97 Å². The van der Waals surface area contributed by atoms with Crippen LogP contribution in [0.3, 0.4) is 0 Å². The first-order valence-electron chi connectivity index (χ1n) is 6.39. The number of esters is 1. The molecule has 8 nitrogen and oxygen atoms in total. The van der Waals surface area contributed by atoms with Crippen LogP contribution >= 0.6 is 0 Å². The molecule has 0 bridgehead atoms. The molecule has 21 heavy (non-hydrogen) atoms. The van der Waals surface area contributed by atoms with Crippen molar-refractivity contribution in [1.82, 2.24) is 0 Å². The maximum Gasteiger partial charge on any atom is 0.311 e. The molecule has 1 N–H and O–H groups in total. The summed E-state index contributed by atoms with van der Waals surface area (Å²) in [6.07, 6.45) is 0.593. The topological polar surface area (TPSA) is 108 Å². The Kier molecular flexibility index (Phi) is 6.66. The number of amides is 1. The van der Waals surface area contributed by atoms with Gasteiger partial charge in [0, 0.05) is 18.5 Å². The van der Waals surface area contributed by atoms with E-state index in [1.807, 2.05) is 0 Å². The molecule has 0 atom stereocenters. The van der Waals surface area contributed by atoms with Gasteiger partial charge in [-0.05, 0) is 30.7 Å². The third-order valence-corrected chi connectivity index (χ3v) is 2.41. The summed E-state index contributed by atoms with van der Waals surface area (Å²) in [5.74, 6) is -0.275. The number of ether oxygens (including phenoxy) is 1. The van der Waals surface area contributed by atoms with Crippen LogP contribution in [0.1, 0.15) is 26.2 Å². The van der Waals surface area contributed by atoms with Gasteiger partial charge in [-0.1, -0.05) is 6.92 Å². The fraction of sp³-hybridized carbons (Fsp3) is 0.385. The number of carbonyl (C=O) groups is 2. The Morgan fingerprint density at radius 2 is 1.95 bits per heavy atom. The minimum absolute atomic E-state index is 0.0160. The van der Waals surface area contributed by atoms with Gasteiger partial charge in [0.1, 0.15) is 5.75 Å². The summed E-state index contributed by atoms with van der Waals surface area (Å²) >= 11 is 0. The van der Waals surface area contributed by atoms with Crippen molar-refractivity contribution in [2.24, 2.45) is 0 Å². The van der Waals surface area contributed by atoms with Crippen LogP contribution in [-0.4, -0.2) is 23.6 Å². The van der Waals surface area contributed by atoms with E-state index in [9.17, 15) is 19.7 Å². The number of anilines is 1. The molecule has 0 fully saturated rings. The Bertz CT molecular complexity index is 500. The van der Waals surface area contributed by atoms with Crippen molar-refractivity contribution in [2.45, 2.75) is 26.2 Å². The number of hydrogen-bond donors (Lipinski definition) is 1. The van der Waals surface area contributed by atoms with Gasteiger partial charge in [0.2, 0.25) is 5.91 Å². The first kappa shape index (κ1) is 16.4. The minimum atomic E-state index is -0.908. The smallest absolute Gasteiger partial charge is 0.311 e. The fourth-order valence-corrected chi connectivity index (χ4v) is 1.39. The normalized spacial score (nSPS) is 9.76. The Labute approximate surface area is 121 Å². The molecule has 0 saturated carbocycles. The zero-order chi connectivity index (χ0) is 15.7. The lowest BCUT2D eigenvalue weighted by molar-refractivity contribution is -0.757. The lowest BCUT2D eigenvalue weighted by Crippen LogP contribution is -2.11. The van der Waals surface area contributed by atoms with E-state index in [-0.39, 0.29) is 25.4 Å². The van der Waals surface area contributed by atoms with Gasteiger partial charge < -0.3 is 14.9 Å². The van der Waals surface area contributed by atoms with Crippen molar-refractivity contribution in [3.63, 3.8) is 0 Å². The molecule has 114 valence electrons. The van der Waals surface area contributed by atoms with Crippen molar-refractivity contribution in [2.75, 3.05) is 11.9 Å². The number of nitrogens with zero attached hydrogens (tertiary/aromatic N) is 1. The van der Waals surface area contributed by atoms with Gasteiger partial charge in [0.15, 0.2) is 0 Å². The van der Waals surface area contributed by atoms with Gasteiger partial charge in [-0.15, -0.1) is 10.1 Å². The van der Waals surface area contributed by atoms with Crippen molar-refractivity contribution in [3.8, 4) is 5.75 Å². The monoisotopic (exact) mass is 296 g/mol. The molecular formula is C13H16N2O6. The highest BCUT2D eigenvalue weighted by Crippen LogP contribution is 2.16. The molecule has 0 aromatic heterocycles. The van der Waals surface area contributed by atoms with Crippen molar-refractivity contribution in [1.29, 1.82) is 0 Å². The largest absolute Gasteiger partial charge is 0.427 e. The van der Waals surface area contributed by atoms with E-state index in [1.54, 1.807) is 31.2 Å². The highest BCUT2D eigenvalue weighted by atomic mass is 16.9. The van der Waals surface area contributed by atoms with Crippen LogP contribution in [0.25, 0.3) is 0 Å². The summed E-state index contributed by atoms with van der Waals surface area (Å²) in [5.41, 5.74) is 0.612. The third-order valence-electron chi connectivity index (χ3n) is 2.41. The molecule has 0 aliphatic rings. The Hall–Kier alpha value is -2.64. The van der Waals surface area contributed by atoms with E-state index in [2.05, 4.69) is 10.2 Å². The highest BCUT2D eigenvalue weighted by Gasteiger charge is 2.06. The Balaban J connectivity index is 2.35. The third kappa shape index (κ3) is 6.90. The fourth-order valence-electron chi connectivity index (χ4n) is 1.39. The number of rotatable bonds is 8. The maximum absolute atomic E-state index is 11.4. The summed E-state index contributed by atoms with van der Waals surface area (Å²) in [6, 6.07) is 6.34. The molecule has 1 amide bonds. The van der Waals surface area contributed by atoms with Crippen LogP contribution < -0.4 is 10.1 Å². The standard InChI is InChI=1S/C13H16N2O6/c1-2-12(16)14-10-5-7-11(8-6-10)21-13(17)4-3-9-20-15(18)19/h5-8H,2-4,9H2,1H3,(H,14,16). The number of hydrogen-bond acceptors (Lipinski definition) is 6. The van der Waals surface area contributed by atoms with Gasteiger partial charge in [-0.3, -0.25) is 9.59 Å². The summed E-state index contributed by atoms with van der Waals surface area (Å²) in [4.78, 5) is 36.6. The molecular weight excluding hydrogens is 280 g/mol. The SMILES string of the molecule is CCC(=O)Nc1ccc(OC(=O)CCCO[N+](=O)[O-])cc1. The van der Waals surface area contributed by atoms with Crippen molar-refractivity contribution >= 4 is 17.6 Å². The summed E-state index contributed by atoms with van der Waals surface area (Å²) in [5, 5.41) is 11.7. The average Bonchev–Trinajstić information content (AvgIpc) is 2.45. The lowest BCUT2D eigenvalue weighted by Gasteiger charge is -2.06. The van der Waals surface area contributed by atoms with E-state index in [0.717, 1.165) is 0 Å². The van der Waals surface area contributed by atoms with Crippen LogP contribution in [0.5, 0.6) is 5.75 Å². The van der Waals surface area contributed by atoms with E-state index in [1.165, 1.54) is 0 Å². The van der Waals surface area contributed by atoms with Gasteiger partial charge in [-0.2, -0.15) is 0 Å².